The molecular formula is C25H44ClNO6. The Hall–Kier alpha value is -1.34. The average Bonchev–Trinajstić information content (AvgIpc) is 2.83. The molecule has 192 valence electrons. The molecule has 0 unspecified atom stereocenters. The molecular weight excluding hydrogens is 446 g/mol. The van der Waals surface area contributed by atoms with E-state index in [1.807, 2.05) is 0 Å². The second-order valence-electron chi connectivity index (χ2n) is 9.46. The summed E-state index contributed by atoms with van der Waals surface area (Å²) in [4.78, 5) is 36.4. The van der Waals surface area contributed by atoms with Crippen LogP contribution in [0.2, 0.25) is 0 Å². The van der Waals surface area contributed by atoms with E-state index in [9.17, 15) is 14.4 Å². The summed E-state index contributed by atoms with van der Waals surface area (Å²) in [6.45, 7) is 0.216. The highest BCUT2D eigenvalue weighted by Crippen LogP contribution is 2.28. The summed E-state index contributed by atoms with van der Waals surface area (Å²) < 4.78 is 16.1. The zero-order valence-corrected chi connectivity index (χ0v) is 20.9. The molecule has 2 fully saturated rings. The lowest BCUT2D eigenvalue weighted by atomic mass is 9.86. The van der Waals surface area contributed by atoms with Gasteiger partial charge >= 0.3 is 17.9 Å². The number of nitrogens with two attached hydrogens (primary N) is 1. The molecule has 2 aliphatic rings. The predicted molar refractivity (Wildman–Crippen MR) is 129 cm³/mol. The van der Waals surface area contributed by atoms with Crippen LogP contribution in [0.3, 0.4) is 0 Å². The molecule has 2 rings (SSSR count). The lowest BCUT2D eigenvalue weighted by Gasteiger charge is -2.22. The Kier molecular flexibility index (Phi) is 16.2. The van der Waals surface area contributed by atoms with Crippen molar-refractivity contribution in [2.45, 2.75) is 109 Å². The molecule has 8 heteroatoms. The first kappa shape index (κ1) is 29.7. The van der Waals surface area contributed by atoms with Crippen LogP contribution in [0.1, 0.15) is 103 Å². The topological polar surface area (TPSA) is 105 Å². The van der Waals surface area contributed by atoms with Gasteiger partial charge in [-0.05, 0) is 37.6 Å². The Labute approximate surface area is 205 Å². The summed E-state index contributed by atoms with van der Waals surface area (Å²) in [5.41, 5.74) is 5.45. The molecule has 0 heterocycles. The first-order chi connectivity index (χ1) is 15.6. The monoisotopic (exact) mass is 489 g/mol. The fourth-order valence-electron chi connectivity index (χ4n) is 4.72. The lowest BCUT2D eigenvalue weighted by Crippen LogP contribution is -2.31. The van der Waals surface area contributed by atoms with Gasteiger partial charge in [-0.25, -0.2) is 0 Å². The van der Waals surface area contributed by atoms with E-state index in [2.05, 4.69) is 0 Å². The highest BCUT2D eigenvalue weighted by molar-refractivity contribution is 5.85. The molecule has 2 saturated carbocycles. The van der Waals surface area contributed by atoms with E-state index < -0.39 is 12.1 Å². The van der Waals surface area contributed by atoms with Gasteiger partial charge in [-0.15, -0.1) is 12.4 Å². The second-order valence-corrected chi connectivity index (χ2v) is 9.46. The Balaban J connectivity index is 0.00000544. The van der Waals surface area contributed by atoms with Gasteiger partial charge < -0.3 is 19.9 Å². The van der Waals surface area contributed by atoms with E-state index >= 15 is 0 Å². The van der Waals surface area contributed by atoms with Gasteiger partial charge in [0.25, 0.3) is 0 Å². The van der Waals surface area contributed by atoms with Crippen LogP contribution in [0.5, 0.6) is 0 Å². The van der Waals surface area contributed by atoms with Gasteiger partial charge in [-0.3, -0.25) is 14.4 Å². The minimum atomic E-state index is -0.780. The van der Waals surface area contributed by atoms with Gasteiger partial charge in [0.2, 0.25) is 0 Å². The quantitative estimate of drug-likeness (QED) is 0.274. The summed E-state index contributed by atoms with van der Waals surface area (Å²) in [5.74, 6) is 0.207. The minimum Gasteiger partial charge on any atom is -0.462 e. The third-order valence-corrected chi connectivity index (χ3v) is 6.71. The maximum atomic E-state index is 12.2. The maximum absolute atomic E-state index is 12.2. The minimum absolute atomic E-state index is 0. The third-order valence-electron chi connectivity index (χ3n) is 6.71. The number of ether oxygens (including phenoxy) is 3. The van der Waals surface area contributed by atoms with Crippen LogP contribution in [0.15, 0.2) is 0 Å². The van der Waals surface area contributed by atoms with Gasteiger partial charge in [-0.1, -0.05) is 64.2 Å². The van der Waals surface area contributed by atoms with Crippen molar-refractivity contribution in [3.05, 3.63) is 0 Å². The molecule has 0 aromatic heterocycles. The molecule has 33 heavy (non-hydrogen) atoms. The van der Waals surface area contributed by atoms with Gasteiger partial charge in [0.15, 0.2) is 6.10 Å². The van der Waals surface area contributed by atoms with Crippen LogP contribution < -0.4 is 5.73 Å². The molecule has 0 atom stereocenters. The highest BCUT2D eigenvalue weighted by atomic mass is 35.5. The SMILES string of the molecule is Cl.NCCCC(=O)OC(COC(=O)CCC1CCCCC1)COC(=O)CCC1CCCCC1. The fraction of sp³-hybridized carbons (Fsp3) is 0.880. The number of carbonyl (C=O) groups is 3. The zero-order chi connectivity index (χ0) is 23.0. The summed E-state index contributed by atoms with van der Waals surface area (Å²) in [7, 11) is 0. The molecule has 0 aromatic carbocycles. The van der Waals surface area contributed by atoms with Gasteiger partial charge in [0.1, 0.15) is 13.2 Å². The van der Waals surface area contributed by atoms with E-state index in [1.165, 1.54) is 64.2 Å². The molecule has 0 bridgehead atoms. The standard InChI is InChI=1S/C25H43NO6.ClH/c26-17-7-12-25(29)32-22(18-30-23(27)15-13-20-8-3-1-4-9-20)19-31-24(28)16-14-21-10-5-2-6-11-21;/h20-22H,1-19,26H2;1H. The van der Waals surface area contributed by atoms with E-state index in [4.69, 9.17) is 19.9 Å². The average molecular weight is 490 g/mol. The van der Waals surface area contributed by atoms with E-state index in [1.54, 1.807) is 0 Å². The van der Waals surface area contributed by atoms with Gasteiger partial charge in [-0.2, -0.15) is 0 Å². The van der Waals surface area contributed by atoms with Crippen molar-refractivity contribution < 1.29 is 28.6 Å². The summed E-state index contributed by atoms with van der Waals surface area (Å²) >= 11 is 0. The zero-order valence-electron chi connectivity index (χ0n) is 20.1. The van der Waals surface area contributed by atoms with Crippen molar-refractivity contribution in [3.63, 3.8) is 0 Å². The van der Waals surface area contributed by atoms with Crippen LogP contribution in [0, 0.1) is 11.8 Å². The summed E-state index contributed by atoms with van der Waals surface area (Å²) in [5, 5.41) is 0. The third kappa shape index (κ3) is 13.8. The Morgan fingerprint density at radius 3 is 1.58 bits per heavy atom. The first-order valence-corrected chi connectivity index (χ1v) is 12.8. The first-order valence-electron chi connectivity index (χ1n) is 12.8. The summed E-state index contributed by atoms with van der Waals surface area (Å²) in [6.07, 6.45) is 14.7. The Morgan fingerprint density at radius 2 is 1.15 bits per heavy atom. The van der Waals surface area contributed by atoms with Crippen LogP contribution in [0.25, 0.3) is 0 Å². The molecule has 7 nitrogen and oxygen atoms in total. The molecule has 0 spiro atoms. The van der Waals surface area contributed by atoms with Crippen LogP contribution in [-0.4, -0.2) is 43.8 Å². The van der Waals surface area contributed by atoms with Crippen molar-refractivity contribution in [1.29, 1.82) is 0 Å². The number of esters is 3. The van der Waals surface area contributed by atoms with Crippen molar-refractivity contribution >= 4 is 30.3 Å². The maximum Gasteiger partial charge on any atom is 0.306 e. The molecule has 0 amide bonds. The fourth-order valence-corrected chi connectivity index (χ4v) is 4.72. The Bertz CT molecular complexity index is 523. The highest BCUT2D eigenvalue weighted by Gasteiger charge is 2.21. The van der Waals surface area contributed by atoms with Crippen LogP contribution >= 0.6 is 12.4 Å². The molecule has 2 N–H and O–H groups in total. The van der Waals surface area contributed by atoms with Crippen molar-refractivity contribution in [3.8, 4) is 0 Å². The molecule has 2 aliphatic carbocycles. The predicted octanol–water partition coefficient (Wildman–Crippen LogP) is 4.87. The molecule has 0 aromatic rings. The second kappa shape index (κ2) is 18.0. The van der Waals surface area contributed by atoms with Crippen molar-refractivity contribution in [2.24, 2.45) is 17.6 Å². The van der Waals surface area contributed by atoms with Gasteiger partial charge in [0.05, 0.1) is 0 Å². The lowest BCUT2D eigenvalue weighted by molar-refractivity contribution is -0.167. The molecule has 0 saturated heterocycles. The number of hydrogen-bond donors (Lipinski definition) is 1. The smallest absolute Gasteiger partial charge is 0.306 e. The van der Waals surface area contributed by atoms with E-state index in [0.29, 0.717) is 37.6 Å². The Morgan fingerprint density at radius 1 is 0.697 bits per heavy atom. The van der Waals surface area contributed by atoms with Crippen molar-refractivity contribution in [1.82, 2.24) is 0 Å². The van der Waals surface area contributed by atoms with Gasteiger partial charge in [0, 0.05) is 19.3 Å². The number of rotatable bonds is 14. The number of hydrogen-bond acceptors (Lipinski definition) is 7. The van der Waals surface area contributed by atoms with E-state index in [0.717, 1.165) is 12.8 Å². The molecule has 0 radical (unpaired) electrons. The van der Waals surface area contributed by atoms with Crippen molar-refractivity contribution in [2.75, 3.05) is 19.8 Å². The van der Waals surface area contributed by atoms with Crippen LogP contribution in [0.4, 0.5) is 0 Å². The number of halogens is 1. The van der Waals surface area contributed by atoms with E-state index in [-0.39, 0.29) is 44.0 Å². The molecule has 0 aliphatic heterocycles. The normalized spacial score (nSPS) is 17.3. The largest absolute Gasteiger partial charge is 0.462 e. The summed E-state index contributed by atoms with van der Waals surface area (Å²) in [6, 6.07) is 0. The van der Waals surface area contributed by atoms with Crippen LogP contribution in [-0.2, 0) is 28.6 Å². The number of carbonyl (C=O) groups excluding carboxylic acids is 3.